The summed E-state index contributed by atoms with van der Waals surface area (Å²) in [6.45, 7) is 1.86. The van der Waals surface area contributed by atoms with E-state index in [1.54, 1.807) is 12.1 Å². The van der Waals surface area contributed by atoms with Crippen LogP contribution < -0.4 is 16.0 Å². The van der Waals surface area contributed by atoms with Gasteiger partial charge < -0.3 is 16.0 Å². The van der Waals surface area contributed by atoms with Gasteiger partial charge >= 0.3 is 0 Å². The third-order valence-electron chi connectivity index (χ3n) is 4.59. The molecular formula is C19H22N4O3. The van der Waals surface area contributed by atoms with E-state index in [1.165, 1.54) is 6.07 Å². The third-order valence-corrected chi connectivity index (χ3v) is 4.59. The Balaban J connectivity index is 1.71. The Hall–Kier alpha value is -2.93. The molecule has 2 aromatic rings. The van der Waals surface area contributed by atoms with Crippen molar-refractivity contribution < 1.29 is 9.72 Å². The number of nitro groups is 1. The third kappa shape index (κ3) is 4.00. The summed E-state index contributed by atoms with van der Waals surface area (Å²) < 4.78 is 0. The Morgan fingerprint density at radius 2 is 1.88 bits per heavy atom. The van der Waals surface area contributed by atoms with E-state index >= 15 is 0 Å². The van der Waals surface area contributed by atoms with Crippen LogP contribution in [0.5, 0.6) is 0 Å². The Bertz CT molecular complexity index is 789. The number of rotatable bonds is 6. The minimum atomic E-state index is -0.430. The molecular weight excluding hydrogens is 332 g/mol. The van der Waals surface area contributed by atoms with Crippen molar-refractivity contribution in [3.8, 4) is 0 Å². The molecule has 1 atom stereocenters. The first-order valence-electron chi connectivity index (χ1n) is 8.68. The predicted molar refractivity (Wildman–Crippen MR) is 100 cm³/mol. The summed E-state index contributed by atoms with van der Waals surface area (Å²) in [4.78, 5) is 25.4. The lowest BCUT2D eigenvalue weighted by molar-refractivity contribution is -0.384. The molecule has 1 amide bonds. The average molecular weight is 354 g/mol. The highest BCUT2D eigenvalue weighted by molar-refractivity contribution is 5.95. The largest absolute Gasteiger partial charge is 0.366 e. The smallest absolute Gasteiger partial charge is 0.293 e. The molecule has 1 saturated heterocycles. The molecule has 0 aromatic heterocycles. The predicted octanol–water partition coefficient (Wildman–Crippen LogP) is 2.62. The highest BCUT2D eigenvalue weighted by Gasteiger charge is 2.24. The molecule has 136 valence electrons. The number of anilines is 1. The standard InChI is InChI=1S/C19H22N4O3/c20-16(14-6-2-1-3-7-14)13-21-19(24)15-8-9-17(18(12-15)23(25)26)22-10-4-5-11-22/h1-3,6-9,12,16H,4-5,10-11,13,20H2,(H,21,24). The van der Waals surface area contributed by atoms with Crippen molar-refractivity contribution in [3.63, 3.8) is 0 Å². The molecule has 3 rings (SSSR count). The monoisotopic (exact) mass is 354 g/mol. The lowest BCUT2D eigenvalue weighted by Gasteiger charge is -2.18. The van der Waals surface area contributed by atoms with Crippen LogP contribution in [-0.4, -0.2) is 30.5 Å². The Labute approximate surface area is 152 Å². The van der Waals surface area contributed by atoms with Gasteiger partial charge in [0.2, 0.25) is 0 Å². The molecule has 0 bridgehead atoms. The van der Waals surface area contributed by atoms with Crippen LogP contribution in [0.4, 0.5) is 11.4 Å². The van der Waals surface area contributed by atoms with Crippen LogP contribution in [-0.2, 0) is 0 Å². The first kappa shape index (κ1) is 17.9. The molecule has 7 heteroatoms. The minimum Gasteiger partial charge on any atom is -0.366 e. The number of nitrogens with two attached hydrogens (primary N) is 1. The number of nitro benzene ring substituents is 1. The quantitative estimate of drug-likeness (QED) is 0.613. The highest BCUT2D eigenvalue weighted by atomic mass is 16.6. The van der Waals surface area contributed by atoms with Crippen LogP contribution in [0.25, 0.3) is 0 Å². The number of amides is 1. The van der Waals surface area contributed by atoms with E-state index in [0.717, 1.165) is 31.5 Å². The molecule has 2 aromatic carbocycles. The van der Waals surface area contributed by atoms with Gasteiger partial charge in [0.1, 0.15) is 5.69 Å². The molecule has 1 unspecified atom stereocenters. The van der Waals surface area contributed by atoms with Crippen molar-refractivity contribution >= 4 is 17.3 Å². The Kier molecular flexibility index (Phi) is 5.48. The van der Waals surface area contributed by atoms with Crippen LogP contribution in [0.15, 0.2) is 48.5 Å². The van der Waals surface area contributed by atoms with E-state index in [9.17, 15) is 14.9 Å². The fourth-order valence-electron chi connectivity index (χ4n) is 3.16. The number of carbonyl (C=O) groups is 1. The van der Waals surface area contributed by atoms with Crippen LogP contribution in [0.3, 0.4) is 0 Å². The SMILES string of the molecule is NC(CNC(=O)c1ccc(N2CCCC2)c([N+](=O)[O-])c1)c1ccccc1. The Morgan fingerprint density at radius 1 is 1.19 bits per heavy atom. The van der Waals surface area contributed by atoms with Crippen molar-refractivity contribution in [1.29, 1.82) is 0 Å². The van der Waals surface area contributed by atoms with Crippen LogP contribution in [0.1, 0.15) is 34.8 Å². The van der Waals surface area contributed by atoms with Gasteiger partial charge in [-0.05, 0) is 30.5 Å². The van der Waals surface area contributed by atoms with Crippen molar-refractivity contribution in [3.05, 3.63) is 69.8 Å². The van der Waals surface area contributed by atoms with Gasteiger partial charge in [-0.15, -0.1) is 0 Å². The topological polar surface area (TPSA) is 102 Å². The number of nitrogens with one attached hydrogen (secondary N) is 1. The molecule has 0 saturated carbocycles. The molecule has 0 spiro atoms. The fourth-order valence-corrected chi connectivity index (χ4v) is 3.16. The van der Waals surface area contributed by atoms with Gasteiger partial charge in [0.25, 0.3) is 11.6 Å². The summed E-state index contributed by atoms with van der Waals surface area (Å²) in [7, 11) is 0. The first-order valence-corrected chi connectivity index (χ1v) is 8.68. The molecule has 0 radical (unpaired) electrons. The van der Waals surface area contributed by atoms with Crippen LogP contribution in [0, 0.1) is 10.1 Å². The lowest BCUT2D eigenvalue weighted by atomic mass is 10.1. The van der Waals surface area contributed by atoms with Gasteiger partial charge in [-0.3, -0.25) is 14.9 Å². The molecule has 1 aliphatic rings. The van der Waals surface area contributed by atoms with E-state index in [-0.39, 0.29) is 29.7 Å². The number of carbonyl (C=O) groups excluding carboxylic acids is 1. The minimum absolute atomic E-state index is 0.0353. The fraction of sp³-hybridized carbons (Fsp3) is 0.316. The lowest BCUT2D eigenvalue weighted by Crippen LogP contribution is -2.32. The molecule has 1 heterocycles. The van der Waals surface area contributed by atoms with Crippen molar-refractivity contribution in [2.24, 2.45) is 5.73 Å². The number of benzene rings is 2. The normalized spacial score (nSPS) is 14.9. The molecule has 1 fully saturated rings. The van der Waals surface area contributed by atoms with E-state index in [2.05, 4.69) is 5.32 Å². The number of hydrogen-bond acceptors (Lipinski definition) is 5. The molecule has 1 aliphatic heterocycles. The van der Waals surface area contributed by atoms with E-state index in [4.69, 9.17) is 5.73 Å². The summed E-state index contributed by atoms with van der Waals surface area (Å²) in [5.41, 5.74) is 7.80. The van der Waals surface area contributed by atoms with Crippen molar-refractivity contribution in [2.75, 3.05) is 24.5 Å². The van der Waals surface area contributed by atoms with Crippen molar-refractivity contribution in [1.82, 2.24) is 5.32 Å². The summed E-state index contributed by atoms with van der Waals surface area (Å²) in [5, 5.41) is 14.2. The first-order chi connectivity index (χ1) is 12.6. The van der Waals surface area contributed by atoms with Gasteiger partial charge in [0, 0.05) is 37.3 Å². The zero-order chi connectivity index (χ0) is 18.5. The zero-order valence-electron chi connectivity index (χ0n) is 14.4. The Morgan fingerprint density at radius 3 is 2.54 bits per heavy atom. The second-order valence-electron chi connectivity index (χ2n) is 6.38. The van der Waals surface area contributed by atoms with E-state index in [1.807, 2.05) is 35.2 Å². The molecule has 26 heavy (non-hydrogen) atoms. The summed E-state index contributed by atoms with van der Waals surface area (Å²) in [6.07, 6.45) is 2.05. The number of nitrogens with zero attached hydrogens (tertiary/aromatic N) is 2. The van der Waals surface area contributed by atoms with E-state index < -0.39 is 4.92 Å². The van der Waals surface area contributed by atoms with Gasteiger partial charge in [-0.1, -0.05) is 30.3 Å². The maximum atomic E-state index is 12.4. The second kappa shape index (κ2) is 7.97. The van der Waals surface area contributed by atoms with Gasteiger partial charge in [-0.2, -0.15) is 0 Å². The molecule has 3 N–H and O–H groups in total. The maximum Gasteiger partial charge on any atom is 0.293 e. The van der Waals surface area contributed by atoms with Gasteiger partial charge in [0.15, 0.2) is 0 Å². The van der Waals surface area contributed by atoms with Crippen LogP contribution >= 0.6 is 0 Å². The maximum absolute atomic E-state index is 12.4. The van der Waals surface area contributed by atoms with Gasteiger partial charge in [0.05, 0.1) is 4.92 Å². The summed E-state index contributed by atoms with van der Waals surface area (Å²) in [5.74, 6) is -0.368. The summed E-state index contributed by atoms with van der Waals surface area (Å²) >= 11 is 0. The second-order valence-corrected chi connectivity index (χ2v) is 6.38. The van der Waals surface area contributed by atoms with E-state index in [0.29, 0.717) is 5.69 Å². The van der Waals surface area contributed by atoms with Crippen molar-refractivity contribution in [2.45, 2.75) is 18.9 Å². The number of hydrogen-bond donors (Lipinski definition) is 2. The molecule has 7 nitrogen and oxygen atoms in total. The zero-order valence-corrected chi connectivity index (χ0v) is 14.4. The average Bonchev–Trinajstić information content (AvgIpc) is 3.20. The van der Waals surface area contributed by atoms with Crippen LogP contribution in [0.2, 0.25) is 0 Å². The molecule has 0 aliphatic carbocycles. The highest BCUT2D eigenvalue weighted by Crippen LogP contribution is 2.31. The summed E-state index contributed by atoms with van der Waals surface area (Å²) in [6, 6.07) is 13.8. The van der Waals surface area contributed by atoms with Gasteiger partial charge in [-0.25, -0.2) is 0 Å².